The van der Waals surface area contributed by atoms with E-state index < -0.39 is 11.8 Å². The van der Waals surface area contributed by atoms with Gasteiger partial charge in [-0.3, -0.25) is 14.4 Å². The predicted molar refractivity (Wildman–Crippen MR) is 137 cm³/mol. The van der Waals surface area contributed by atoms with Crippen molar-refractivity contribution in [2.45, 2.75) is 20.8 Å². The van der Waals surface area contributed by atoms with Crippen LogP contribution in [-0.4, -0.2) is 24.3 Å². The van der Waals surface area contributed by atoms with Gasteiger partial charge in [-0.1, -0.05) is 47.5 Å². The Kier molecular flexibility index (Phi) is 6.89. The van der Waals surface area contributed by atoms with Gasteiger partial charge in [0.1, 0.15) is 16.5 Å². The molecule has 2 N–H and O–H groups in total. The molecule has 4 rings (SSSR count). The number of para-hydroxylation sites is 2. The Morgan fingerprint density at radius 3 is 2.37 bits per heavy atom. The number of anilines is 3. The van der Waals surface area contributed by atoms with Crippen LogP contribution in [0.3, 0.4) is 0 Å². The normalized spacial score (nSPS) is 13.3. The Hall–Kier alpha value is -4.10. The van der Waals surface area contributed by atoms with E-state index in [1.165, 1.54) is 0 Å². The third-order valence-corrected chi connectivity index (χ3v) is 5.86. The molecule has 0 saturated carbocycles. The topological polar surface area (TPSA) is 87.7 Å². The van der Waals surface area contributed by atoms with E-state index in [0.29, 0.717) is 35.0 Å². The molecule has 0 spiro atoms. The SMILES string of the molecule is CCOc1ccccc1NC(=O)c1ccc(C)c(NC2=C(Cl)C(=O)N(c3ccc(C)cc3)C2=O)c1. The van der Waals surface area contributed by atoms with Gasteiger partial charge in [0.05, 0.1) is 18.0 Å². The molecule has 0 unspecified atom stereocenters. The first-order valence-corrected chi connectivity index (χ1v) is 11.4. The van der Waals surface area contributed by atoms with Gasteiger partial charge in [-0.15, -0.1) is 0 Å². The molecule has 35 heavy (non-hydrogen) atoms. The molecule has 7 nitrogen and oxygen atoms in total. The third kappa shape index (κ3) is 4.90. The number of nitrogens with one attached hydrogen (secondary N) is 2. The molecule has 3 amide bonds. The van der Waals surface area contributed by atoms with Gasteiger partial charge in [-0.25, -0.2) is 4.90 Å². The van der Waals surface area contributed by atoms with Gasteiger partial charge in [0.2, 0.25) is 0 Å². The number of carbonyl (C=O) groups is 3. The highest BCUT2D eigenvalue weighted by Crippen LogP contribution is 2.31. The van der Waals surface area contributed by atoms with E-state index in [1.807, 2.05) is 39.0 Å². The maximum atomic E-state index is 13.1. The summed E-state index contributed by atoms with van der Waals surface area (Å²) in [5, 5.41) is 5.61. The van der Waals surface area contributed by atoms with Gasteiger partial charge < -0.3 is 15.4 Å². The quantitative estimate of drug-likeness (QED) is 0.434. The van der Waals surface area contributed by atoms with Gasteiger partial charge in [-0.05, 0) is 62.7 Å². The number of halogens is 1. The minimum Gasteiger partial charge on any atom is -0.492 e. The van der Waals surface area contributed by atoms with Crippen molar-refractivity contribution in [1.29, 1.82) is 0 Å². The molecule has 3 aromatic rings. The molecule has 0 aliphatic carbocycles. The van der Waals surface area contributed by atoms with E-state index in [2.05, 4.69) is 10.6 Å². The fourth-order valence-corrected chi connectivity index (χ4v) is 3.83. The molecule has 3 aromatic carbocycles. The summed E-state index contributed by atoms with van der Waals surface area (Å²) in [6.45, 7) is 6.07. The molecule has 0 fully saturated rings. The van der Waals surface area contributed by atoms with Gasteiger partial charge in [-0.2, -0.15) is 0 Å². The molecular weight excluding hydrogens is 466 g/mol. The minimum atomic E-state index is -0.609. The molecule has 178 valence electrons. The number of hydrogen-bond donors (Lipinski definition) is 2. The van der Waals surface area contributed by atoms with Crippen LogP contribution in [0, 0.1) is 13.8 Å². The first-order valence-electron chi connectivity index (χ1n) is 11.1. The van der Waals surface area contributed by atoms with Crippen LogP contribution in [0.1, 0.15) is 28.4 Å². The van der Waals surface area contributed by atoms with Crippen LogP contribution in [0.15, 0.2) is 77.5 Å². The zero-order valence-corrected chi connectivity index (χ0v) is 20.3. The van der Waals surface area contributed by atoms with Crippen LogP contribution in [-0.2, 0) is 9.59 Å². The summed E-state index contributed by atoms with van der Waals surface area (Å²) >= 11 is 6.27. The van der Waals surface area contributed by atoms with Crippen LogP contribution < -0.4 is 20.3 Å². The molecule has 0 saturated heterocycles. The number of imide groups is 1. The first-order chi connectivity index (χ1) is 16.8. The number of amides is 3. The number of aryl methyl sites for hydroxylation is 2. The molecular formula is C27H24ClN3O4. The van der Waals surface area contributed by atoms with Crippen molar-refractivity contribution < 1.29 is 19.1 Å². The predicted octanol–water partition coefficient (Wildman–Crippen LogP) is 5.39. The van der Waals surface area contributed by atoms with E-state index in [-0.39, 0.29) is 16.6 Å². The van der Waals surface area contributed by atoms with Gasteiger partial charge in [0.15, 0.2) is 0 Å². The van der Waals surface area contributed by atoms with Gasteiger partial charge >= 0.3 is 0 Å². The van der Waals surface area contributed by atoms with Crippen LogP contribution in [0.2, 0.25) is 0 Å². The maximum Gasteiger partial charge on any atom is 0.283 e. The van der Waals surface area contributed by atoms with Crippen LogP contribution in [0.25, 0.3) is 0 Å². The Bertz CT molecular complexity index is 1350. The van der Waals surface area contributed by atoms with Gasteiger partial charge in [0.25, 0.3) is 17.7 Å². The highest BCUT2D eigenvalue weighted by molar-refractivity contribution is 6.53. The Morgan fingerprint density at radius 2 is 1.66 bits per heavy atom. The van der Waals surface area contributed by atoms with Crippen molar-refractivity contribution >= 4 is 46.4 Å². The lowest BCUT2D eigenvalue weighted by Gasteiger charge is -2.16. The first kappa shape index (κ1) is 24.0. The second kappa shape index (κ2) is 10.0. The van der Waals surface area contributed by atoms with E-state index in [1.54, 1.807) is 48.5 Å². The lowest BCUT2D eigenvalue weighted by molar-refractivity contribution is -0.120. The van der Waals surface area contributed by atoms with Crippen molar-refractivity contribution in [1.82, 2.24) is 0 Å². The summed E-state index contributed by atoms with van der Waals surface area (Å²) in [6, 6.07) is 19.2. The van der Waals surface area contributed by atoms with Crippen LogP contribution >= 0.6 is 11.6 Å². The van der Waals surface area contributed by atoms with Crippen molar-refractivity contribution in [2.75, 3.05) is 22.1 Å². The summed E-state index contributed by atoms with van der Waals surface area (Å²) in [4.78, 5) is 39.8. The monoisotopic (exact) mass is 489 g/mol. The summed E-state index contributed by atoms with van der Waals surface area (Å²) in [5.41, 5.74) is 3.54. The van der Waals surface area contributed by atoms with Crippen molar-refractivity contribution in [3.05, 3.63) is 94.1 Å². The highest BCUT2D eigenvalue weighted by atomic mass is 35.5. The summed E-state index contributed by atoms with van der Waals surface area (Å²) < 4.78 is 5.57. The number of ether oxygens (including phenoxy) is 1. The number of rotatable bonds is 7. The molecule has 0 aromatic heterocycles. The van der Waals surface area contributed by atoms with Crippen molar-refractivity contribution in [2.24, 2.45) is 0 Å². The lowest BCUT2D eigenvalue weighted by atomic mass is 10.1. The molecule has 1 aliphatic heterocycles. The third-order valence-electron chi connectivity index (χ3n) is 5.51. The molecule has 0 radical (unpaired) electrons. The van der Waals surface area contributed by atoms with Crippen molar-refractivity contribution in [3.8, 4) is 5.75 Å². The standard InChI is InChI=1S/C27H24ClN3O4/c1-4-35-22-8-6-5-7-20(22)30-25(32)18-12-11-17(3)21(15-18)29-24-23(28)26(33)31(27(24)34)19-13-9-16(2)10-14-19/h5-15,29H,4H2,1-3H3,(H,30,32). The van der Waals surface area contributed by atoms with Gasteiger partial charge in [0, 0.05) is 11.3 Å². The summed E-state index contributed by atoms with van der Waals surface area (Å²) in [7, 11) is 0. The highest BCUT2D eigenvalue weighted by Gasteiger charge is 2.39. The van der Waals surface area contributed by atoms with Crippen LogP contribution in [0.5, 0.6) is 5.75 Å². The fraction of sp³-hybridized carbons (Fsp3) is 0.148. The zero-order valence-electron chi connectivity index (χ0n) is 19.5. The molecule has 1 aliphatic rings. The molecule has 0 atom stereocenters. The maximum absolute atomic E-state index is 13.1. The molecule has 8 heteroatoms. The van der Waals surface area contributed by atoms with E-state index in [4.69, 9.17) is 16.3 Å². The number of nitrogens with zero attached hydrogens (tertiary/aromatic N) is 1. The minimum absolute atomic E-state index is 0.0420. The largest absolute Gasteiger partial charge is 0.492 e. The van der Waals surface area contributed by atoms with Crippen molar-refractivity contribution in [3.63, 3.8) is 0 Å². The average Bonchev–Trinajstić information content (AvgIpc) is 3.05. The van der Waals surface area contributed by atoms with Crippen LogP contribution in [0.4, 0.5) is 17.1 Å². The van der Waals surface area contributed by atoms with E-state index in [0.717, 1.165) is 16.0 Å². The molecule has 1 heterocycles. The summed E-state index contributed by atoms with van der Waals surface area (Å²) in [6.07, 6.45) is 0. The van der Waals surface area contributed by atoms with E-state index >= 15 is 0 Å². The Labute approximate surface area is 208 Å². The number of carbonyl (C=O) groups excluding carboxylic acids is 3. The molecule has 0 bridgehead atoms. The zero-order chi connectivity index (χ0) is 25.1. The fourth-order valence-electron chi connectivity index (χ4n) is 3.62. The Morgan fingerprint density at radius 1 is 0.943 bits per heavy atom. The second-order valence-corrected chi connectivity index (χ2v) is 8.39. The van der Waals surface area contributed by atoms with E-state index in [9.17, 15) is 14.4 Å². The lowest BCUT2D eigenvalue weighted by Crippen LogP contribution is -2.32. The second-order valence-electron chi connectivity index (χ2n) is 8.01. The Balaban J connectivity index is 1.58. The average molecular weight is 490 g/mol. The summed E-state index contributed by atoms with van der Waals surface area (Å²) in [5.74, 6) is -0.960. The smallest absolute Gasteiger partial charge is 0.283 e. The number of hydrogen-bond acceptors (Lipinski definition) is 5. The number of benzene rings is 3.